The molecular formula is C17H20N4. The van der Waals surface area contributed by atoms with Gasteiger partial charge in [-0.3, -0.25) is 4.98 Å². The zero-order valence-electron chi connectivity index (χ0n) is 12.5. The van der Waals surface area contributed by atoms with E-state index in [1.54, 1.807) is 0 Å². The predicted molar refractivity (Wildman–Crippen MR) is 85.1 cm³/mol. The lowest BCUT2D eigenvalue weighted by Gasteiger charge is -2.19. The summed E-state index contributed by atoms with van der Waals surface area (Å²) < 4.78 is 2.08. The standard InChI is InChI=1S/C17H20N4/c1-3-19-16(17-11-18-12-21(17)2)10-13-8-9-20-15-7-5-4-6-14(13)15/h4-9,11-12,16,19H,3,10H2,1-2H3. The maximum atomic E-state index is 4.44. The van der Waals surface area contributed by atoms with E-state index in [-0.39, 0.29) is 6.04 Å². The first-order chi connectivity index (χ1) is 10.3. The summed E-state index contributed by atoms with van der Waals surface area (Å²) in [4.78, 5) is 8.68. The monoisotopic (exact) mass is 280 g/mol. The molecule has 0 aliphatic rings. The largest absolute Gasteiger partial charge is 0.336 e. The minimum atomic E-state index is 0.258. The third-order valence-corrected chi connectivity index (χ3v) is 3.82. The van der Waals surface area contributed by atoms with Crippen molar-refractivity contribution in [3.8, 4) is 0 Å². The summed E-state index contributed by atoms with van der Waals surface area (Å²) in [7, 11) is 2.04. The molecule has 0 saturated heterocycles. The van der Waals surface area contributed by atoms with E-state index in [0.717, 1.165) is 18.5 Å². The van der Waals surface area contributed by atoms with Gasteiger partial charge in [0.2, 0.25) is 0 Å². The highest BCUT2D eigenvalue weighted by molar-refractivity contribution is 5.81. The van der Waals surface area contributed by atoms with Gasteiger partial charge in [0.1, 0.15) is 0 Å². The highest BCUT2D eigenvalue weighted by Crippen LogP contribution is 2.23. The Hall–Kier alpha value is -2.20. The van der Waals surface area contributed by atoms with Crippen LogP contribution in [-0.4, -0.2) is 21.1 Å². The molecule has 1 N–H and O–H groups in total. The van der Waals surface area contributed by atoms with Crippen molar-refractivity contribution in [1.82, 2.24) is 19.9 Å². The minimum Gasteiger partial charge on any atom is -0.336 e. The highest BCUT2D eigenvalue weighted by atomic mass is 15.1. The molecule has 108 valence electrons. The molecular weight excluding hydrogens is 260 g/mol. The maximum Gasteiger partial charge on any atom is 0.0946 e. The normalized spacial score (nSPS) is 12.7. The smallest absolute Gasteiger partial charge is 0.0946 e. The fourth-order valence-corrected chi connectivity index (χ4v) is 2.78. The van der Waals surface area contributed by atoms with Crippen molar-refractivity contribution >= 4 is 10.9 Å². The maximum absolute atomic E-state index is 4.44. The van der Waals surface area contributed by atoms with E-state index in [2.05, 4.69) is 51.0 Å². The van der Waals surface area contributed by atoms with Crippen LogP contribution in [0.5, 0.6) is 0 Å². The molecule has 2 heterocycles. The van der Waals surface area contributed by atoms with Crippen molar-refractivity contribution in [2.75, 3.05) is 6.54 Å². The quantitative estimate of drug-likeness (QED) is 0.781. The van der Waals surface area contributed by atoms with E-state index in [1.807, 2.05) is 31.8 Å². The molecule has 4 heteroatoms. The van der Waals surface area contributed by atoms with E-state index >= 15 is 0 Å². The number of benzene rings is 1. The lowest BCUT2D eigenvalue weighted by atomic mass is 10.00. The summed E-state index contributed by atoms with van der Waals surface area (Å²) in [5.74, 6) is 0. The first kappa shape index (κ1) is 13.8. The van der Waals surface area contributed by atoms with Gasteiger partial charge >= 0.3 is 0 Å². The van der Waals surface area contributed by atoms with Crippen molar-refractivity contribution in [3.05, 3.63) is 60.3 Å². The molecule has 1 aromatic carbocycles. The van der Waals surface area contributed by atoms with Crippen LogP contribution in [0.3, 0.4) is 0 Å². The van der Waals surface area contributed by atoms with Gasteiger partial charge in [-0.15, -0.1) is 0 Å². The molecule has 21 heavy (non-hydrogen) atoms. The van der Waals surface area contributed by atoms with Crippen molar-refractivity contribution in [2.24, 2.45) is 7.05 Å². The van der Waals surface area contributed by atoms with Crippen LogP contribution in [0.4, 0.5) is 0 Å². The number of imidazole rings is 1. The number of hydrogen-bond donors (Lipinski definition) is 1. The third kappa shape index (κ3) is 2.81. The van der Waals surface area contributed by atoms with Gasteiger partial charge in [-0.2, -0.15) is 0 Å². The Labute approximate surface area is 124 Å². The summed E-state index contributed by atoms with van der Waals surface area (Å²) in [6.45, 7) is 3.06. The van der Waals surface area contributed by atoms with Gasteiger partial charge in [-0.05, 0) is 30.7 Å². The zero-order chi connectivity index (χ0) is 14.7. The average molecular weight is 280 g/mol. The number of aryl methyl sites for hydroxylation is 1. The van der Waals surface area contributed by atoms with Gasteiger partial charge in [-0.25, -0.2) is 4.98 Å². The average Bonchev–Trinajstić information content (AvgIpc) is 2.93. The Bertz CT molecular complexity index is 727. The van der Waals surface area contributed by atoms with Gasteiger partial charge in [0, 0.05) is 24.8 Å². The van der Waals surface area contributed by atoms with E-state index < -0.39 is 0 Å². The second-order valence-corrected chi connectivity index (χ2v) is 5.23. The number of aromatic nitrogens is 3. The summed E-state index contributed by atoms with van der Waals surface area (Å²) in [6.07, 6.45) is 6.61. The molecule has 0 radical (unpaired) electrons. The van der Waals surface area contributed by atoms with Gasteiger partial charge in [0.15, 0.2) is 0 Å². The Morgan fingerprint density at radius 1 is 1.24 bits per heavy atom. The Balaban J connectivity index is 1.97. The van der Waals surface area contributed by atoms with E-state index in [9.17, 15) is 0 Å². The topological polar surface area (TPSA) is 42.7 Å². The number of para-hydroxylation sites is 1. The molecule has 2 aromatic heterocycles. The fraction of sp³-hybridized carbons (Fsp3) is 0.294. The molecule has 4 nitrogen and oxygen atoms in total. The molecule has 0 aliphatic heterocycles. The Kier molecular flexibility index (Phi) is 3.97. The molecule has 1 unspecified atom stereocenters. The number of hydrogen-bond acceptors (Lipinski definition) is 3. The first-order valence-electron chi connectivity index (χ1n) is 7.32. The summed E-state index contributed by atoms with van der Waals surface area (Å²) in [6, 6.07) is 10.7. The molecule has 0 saturated carbocycles. The molecule has 0 aliphatic carbocycles. The second kappa shape index (κ2) is 6.06. The number of likely N-dealkylation sites (N-methyl/N-ethyl adjacent to an activating group) is 1. The molecule has 1 atom stereocenters. The number of nitrogens with zero attached hydrogens (tertiary/aromatic N) is 3. The van der Waals surface area contributed by atoms with E-state index in [0.29, 0.717) is 0 Å². The highest BCUT2D eigenvalue weighted by Gasteiger charge is 2.15. The van der Waals surface area contributed by atoms with E-state index in [1.165, 1.54) is 16.6 Å². The van der Waals surface area contributed by atoms with Crippen LogP contribution in [0.25, 0.3) is 10.9 Å². The predicted octanol–water partition coefficient (Wildman–Crippen LogP) is 2.86. The van der Waals surface area contributed by atoms with Crippen LogP contribution in [0.2, 0.25) is 0 Å². The lowest BCUT2D eigenvalue weighted by Crippen LogP contribution is -2.25. The summed E-state index contributed by atoms with van der Waals surface area (Å²) in [5, 5.41) is 4.78. The summed E-state index contributed by atoms with van der Waals surface area (Å²) in [5.41, 5.74) is 3.57. The number of nitrogens with one attached hydrogen (secondary N) is 1. The van der Waals surface area contributed by atoms with Crippen LogP contribution in [-0.2, 0) is 13.5 Å². The molecule has 3 rings (SSSR count). The van der Waals surface area contributed by atoms with Crippen LogP contribution in [0, 0.1) is 0 Å². The summed E-state index contributed by atoms with van der Waals surface area (Å²) >= 11 is 0. The SMILES string of the molecule is CCNC(Cc1ccnc2ccccc12)c1cncn1C. The Morgan fingerprint density at radius 3 is 2.86 bits per heavy atom. The molecule has 0 bridgehead atoms. The molecule has 0 fully saturated rings. The second-order valence-electron chi connectivity index (χ2n) is 5.23. The molecule has 0 amide bonds. The number of rotatable bonds is 5. The van der Waals surface area contributed by atoms with Crippen LogP contribution in [0.15, 0.2) is 49.1 Å². The van der Waals surface area contributed by atoms with Crippen molar-refractivity contribution in [1.29, 1.82) is 0 Å². The van der Waals surface area contributed by atoms with Gasteiger partial charge < -0.3 is 9.88 Å². The van der Waals surface area contributed by atoms with Gasteiger partial charge in [0.05, 0.1) is 23.6 Å². The fourth-order valence-electron chi connectivity index (χ4n) is 2.78. The number of fused-ring (bicyclic) bond motifs is 1. The van der Waals surface area contributed by atoms with Gasteiger partial charge in [0.25, 0.3) is 0 Å². The van der Waals surface area contributed by atoms with Crippen molar-refractivity contribution in [2.45, 2.75) is 19.4 Å². The van der Waals surface area contributed by atoms with Crippen molar-refractivity contribution in [3.63, 3.8) is 0 Å². The van der Waals surface area contributed by atoms with Gasteiger partial charge in [-0.1, -0.05) is 25.1 Å². The lowest BCUT2D eigenvalue weighted by molar-refractivity contribution is 0.522. The van der Waals surface area contributed by atoms with Crippen molar-refractivity contribution < 1.29 is 0 Å². The minimum absolute atomic E-state index is 0.258. The number of pyridine rings is 1. The molecule has 0 spiro atoms. The zero-order valence-corrected chi connectivity index (χ0v) is 12.5. The Morgan fingerprint density at radius 2 is 2.10 bits per heavy atom. The molecule has 3 aromatic rings. The van der Waals surface area contributed by atoms with Crippen LogP contribution in [0.1, 0.15) is 24.2 Å². The van der Waals surface area contributed by atoms with E-state index in [4.69, 9.17) is 0 Å². The third-order valence-electron chi connectivity index (χ3n) is 3.82. The first-order valence-corrected chi connectivity index (χ1v) is 7.32. The van der Waals surface area contributed by atoms with Crippen LogP contribution < -0.4 is 5.32 Å². The van der Waals surface area contributed by atoms with Crippen LogP contribution >= 0.6 is 0 Å².